The van der Waals surface area contributed by atoms with E-state index in [-0.39, 0.29) is 17.4 Å². The number of aromatic amines is 1. The number of nitrogens with one attached hydrogen (secondary N) is 2. The van der Waals surface area contributed by atoms with E-state index in [4.69, 9.17) is 9.47 Å². The first-order valence-corrected chi connectivity index (χ1v) is 6.61. The maximum Gasteiger partial charge on any atom is 0.271 e. The van der Waals surface area contributed by atoms with E-state index in [9.17, 15) is 4.79 Å². The Morgan fingerprint density at radius 2 is 2.21 bits per heavy atom. The second-order valence-corrected chi connectivity index (χ2v) is 5.91. The molecule has 3 rings (SSSR count). The fourth-order valence-electron chi connectivity index (χ4n) is 2.49. The summed E-state index contributed by atoms with van der Waals surface area (Å²) in [6.07, 6.45) is 0.596. The first kappa shape index (κ1) is 12.6. The van der Waals surface area contributed by atoms with E-state index in [1.165, 1.54) is 0 Å². The molecule has 0 aromatic carbocycles. The molecule has 2 aliphatic heterocycles. The van der Waals surface area contributed by atoms with Crippen LogP contribution in [0.3, 0.4) is 0 Å². The molecule has 1 saturated heterocycles. The lowest BCUT2D eigenvalue weighted by Crippen LogP contribution is -2.32. The van der Waals surface area contributed by atoms with Crippen molar-refractivity contribution in [3.63, 3.8) is 0 Å². The third-order valence-electron chi connectivity index (χ3n) is 3.52. The molecule has 1 aromatic rings. The average molecular weight is 265 g/mol. The molecule has 1 atom stereocenters. The molecule has 104 valence electrons. The van der Waals surface area contributed by atoms with Gasteiger partial charge in [-0.15, -0.1) is 0 Å². The highest BCUT2D eigenvalue weighted by atomic mass is 16.6. The number of amides is 1. The van der Waals surface area contributed by atoms with Gasteiger partial charge >= 0.3 is 0 Å². The molecule has 0 radical (unpaired) electrons. The molecular formula is C13H19N3O3. The van der Waals surface area contributed by atoms with Crippen LogP contribution in [0.25, 0.3) is 0 Å². The Labute approximate surface area is 111 Å². The van der Waals surface area contributed by atoms with Crippen molar-refractivity contribution in [1.29, 1.82) is 0 Å². The molecule has 0 saturated carbocycles. The zero-order valence-corrected chi connectivity index (χ0v) is 11.3. The minimum atomic E-state index is -0.198. The van der Waals surface area contributed by atoms with Gasteiger partial charge in [-0.1, -0.05) is 13.8 Å². The molecule has 1 aromatic heterocycles. The molecule has 6 heteroatoms. The van der Waals surface area contributed by atoms with Gasteiger partial charge in [-0.05, 0) is 11.8 Å². The monoisotopic (exact) mass is 265 g/mol. The van der Waals surface area contributed by atoms with Crippen molar-refractivity contribution in [2.45, 2.75) is 26.4 Å². The molecule has 1 unspecified atom stereocenters. The molecule has 19 heavy (non-hydrogen) atoms. The van der Waals surface area contributed by atoms with Gasteiger partial charge in [0.15, 0.2) is 0 Å². The number of nitrogens with zero attached hydrogens (tertiary/aromatic N) is 1. The fraction of sp³-hybridized carbons (Fsp3) is 0.692. The van der Waals surface area contributed by atoms with Crippen LogP contribution >= 0.6 is 0 Å². The molecule has 0 bridgehead atoms. The number of imidazole rings is 1. The number of aromatic nitrogens is 2. The third-order valence-corrected chi connectivity index (χ3v) is 3.52. The minimum absolute atomic E-state index is 0.0225. The van der Waals surface area contributed by atoms with E-state index in [0.29, 0.717) is 37.9 Å². The highest BCUT2D eigenvalue weighted by Crippen LogP contribution is 2.27. The molecule has 6 nitrogen and oxygen atoms in total. The number of fused-ring (bicyclic) bond motifs is 1. The van der Waals surface area contributed by atoms with Crippen molar-refractivity contribution in [3.8, 4) is 0 Å². The quantitative estimate of drug-likeness (QED) is 0.788. The molecule has 2 N–H and O–H groups in total. The molecule has 1 fully saturated rings. The van der Waals surface area contributed by atoms with E-state index in [1.807, 2.05) is 0 Å². The molecule has 0 spiro atoms. The van der Waals surface area contributed by atoms with Crippen LogP contribution in [0.4, 0.5) is 0 Å². The van der Waals surface area contributed by atoms with Gasteiger partial charge in [0.25, 0.3) is 5.91 Å². The summed E-state index contributed by atoms with van der Waals surface area (Å²) >= 11 is 0. The van der Waals surface area contributed by atoms with Crippen LogP contribution in [0.1, 0.15) is 42.0 Å². The first-order chi connectivity index (χ1) is 9.05. The van der Waals surface area contributed by atoms with Crippen molar-refractivity contribution in [2.24, 2.45) is 5.41 Å². The van der Waals surface area contributed by atoms with Crippen LogP contribution in [0.2, 0.25) is 0 Å². The first-order valence-electron chi connectivity index (χ1n) is 6.61. The van der Waals surface area contributed by atoms with Crippen LogP contribution in [0.5, 0.6) is 0 Å². The lowest BCUT2D eigenvalue weighted by Gasteiger charge is -2.22. The van der Waals surface area contributed by atoms with E-state index in [2.05, 4.69) is 29.1 Å². The minimum Gasteiger partial charge on any atom is -0.376 e. The van der Waals surface area contributed by atoms with Gasteiger partial charge in [-0.25, -0.2) is 4.98 Å². The highest BCUT2D eigenvalue weighted by molar-refractivity contribution is 5.94. The Kier molecular flexibility index (Phi) is 3.06. The van der Waals surface area contributed by atoms with Gasteiger partial charge in [0.2, 0.25) is 0 Å². The number of rotatable bonds is 1. The Hall–Kier alpha value is -1.40. The Morgan fingerprint density at radius 1 is 1.37 bits per heavy atom. The van der Waals surface area contributed by atoms with Crippen molar-refractivity contribution in [1.82, 2.24) is 15.3 Å². The standard InChI is InChI=1S/C13H19N3O3/c1-13(2)5-8-10(12(17)14-7-13)16-11(15-8)9-6-18-3-4-19-9/h9H,3-7H2,1-2H3,(H,14,17)(H,15,16). The summed E-state index contributed by atoms with van der Waals surface area (Å²) in [5.41, 5.74) is 1.41. The number of ether oxygens (including phenoxy) is 2. The van der Waals surface area contributed by atoms with Crippen molar-refractivity contribution in [3.05, 3.63) is 17.2 Å². The molecule has 0 aliphatic carbocycles. The topological polar surface area (TPSA) is 76.2 Å². The average Bonchev–Trinajstić information content (AvgIpc) is 2.76. The second-order valence-electron chi connectivity index (χ2n) is 5.91. The van der Waals surface area contributed by atoms with Gasteiger partial charge in [-0.2, -0.15) is 0 Å². The van der Waals surface area contributed by atoms with Gasteiger partial charge < -0.3 is 19.8 Å². The summed E-state index contributed by atoms with van der Waals surface area (Å²) in [4.78, 5) is 19.7. The summed E-state index contributed by atoms with van der Waals surface area (Å²) in [6, 6.07) is 0. The van der Waals surface area contributed by atoms with Crippen LogP contribution in [-0.4, -0.2) is 42.2 Å². The van der Waals surface area contributed by atoms with Crippen LogP contribution < -0.4 is 5.32 Å². The normalized spacial score (nSPS) is 26.4. The SMILES string of the molecule is CC1(C)CNC(=O)c2nc(C3COCCO3)[nH]c2C1. The summed E-state index contributed by atoms with van der Waals surface area (Å²) in [7, 11) is 0. The van der Waals surface area contributed by atoms with Crippen LogP contribution in [0, 0.1) is 5.41 Å². The van der Waals surface area contributed by atoms with Crippen LogP contribution in [0.15, 0.2) is 0 Å². The number of hydrogen-bond acceptors (Lipinski definition) is 4. The van der Waals surface area contributed by atoms with Crippen molar-refractivity contribution < 1.29 is 14.3 Å². The van der Waals surface area contributed by atoms with E-state index in [1.54, 1.807) is 0 Å². The summed E-state index contributed by atoms with van der Waals surface area (Å²) in [5, 5.41) is 2.91. The third kappa shape index (κ3) is 2.50. The Morgan fingerprint density at radius 3 is 2.95 bits per heavy atom. The van der Waals surface area contributed by atoms with Gasteiger partial charge in [0.1, 0.15) is 17.6 Å². The lowest BCUT2D eigenvalue weighted by atomic mass is 9.88. The molecule has 2 aliphatic rings. The number of hydrogen-bond donors (Lipinski definition) is 2. The summed E-state index contributed by atoms with van der Waals surface area (Å²) in [6.45, 7) is 6.58. The maximum absolute atomic E-state index is 12.0. The number of carbonyl (C=O) groups is 1. The van der Waals surface area contributed by atoms with E-state index >= 15 is 0 Å². The zero-order valence-electron chi connectivity index (χ0n) is 11.3. The van der Waals surface area contributed by atoms with Crippen molar-refractivity contribution >= 4 is 5.91 Å². The van der Waals surface area contributed by atoms with Crippen LogP contribution in [-0.2, 0) is 15.9 Å². The number of H-pyrrole nitrogens is 1. The highest BCUT2D eigenvalue weighted by Gasteiger charge is 2.31. The molecule has 1 amide bonds. The summed E-state index contributed by atoms with van der Waals surface area (Å²) < 4.78 is 11.0. The maximum atomic E-state index is 12.0. The second kappa shape index (κ2) is 4.61. The Balaban J connectivity index is 1.90. The van der Waals surface area contributed by atoms with E-state index in [0.717, 1.165) is 12.1 Å². The van der Waals surface area contributed by atoms with Gasteiger partial charge in [0, 0.05) is 12.2 Å². The van der Waals surface area contributed by atoms with Crippen molar-refractivity contribution in [2.75, 3.05) is 26.4 Å². The summed E-state index contributed by atoms with van der Waals surface area (Å²) in [5.74, 6) is 0.581. The fourth-order valence-corrected chi connectivity index (χ4v) is 2.49. The number of carbonyl (C=O) groups excluding carboxylic acids is 1. The zero-order chi connectivity index (χ0) is 13.5. The Bertz CT molecular complexity index is 489. The largest absolute Gasteiger partial charge is 0.376 e. The predicted molar refractivity (Wildman–Crippen MR) is 67.9 cm³/mol. The van der Waals surface area contributed by atoms with E-state index < -0.39 is 0 Å². The van der Waals surface area contributed by atoms with Gasteiger partial charge in [0.05, 0.1) is 19.8 Å². The molecular weight excluding hydrogens is 246 g/mol. The molecule has 3 heterocycles. The van der Waals surface area contributed by atoms with Gasteiger partial charge in [-0.3, -0.25) is 4.79 Å². The lowest BCUT2D eigenvalue weighted by molar-refractivity contribution is -0.0933. The predicted octanol–water partition coefficient (Wildman–Crippen LogP) is 0.810. The smallest absolute Gasteiger partial charge is 0.271 e.